The van der Waals surface area contributed by atoms with Gasteiger partial charge in [0, 0.05) is 10.6 Å². The fourth-order valence-corrected chi connectivity index (χ4v) is 2.42. The lowest BCUT2D eigenvalue weighted by molar-refractivity contribution is -0.148. The SMILES string of the molecule is O=C1Cc2ccc(Cl)cc2C(c2ccccc2)O1. The lowest BCUT2D eigenvalue weighted by Crippen LogP contribution is -2.22. The van der Waals surface area contributed by atoms with Crippen LogP contribution in [0.5, 0.6) is 0 Å². The maximum atomic E-state index is 11.6. The van der Waals surface area contributed by atoms with Gasteiger partial charge in [0.2, 0.25) is 0 Å². The third kappa shape index (κ3) is 2.00. The number of hydrogen-bond donors (Lipinski definition) is 0. The molecule has 2 aromatic rings. The molecule has 0 N–H and O–H groups in total. The van der Waals surface area contributed by atoms with Crippen molar-refractivity contribution in [3.05, 3.63) is 70.2 Å². The molecule has 1 heterocycles. The molecule has 0 bridgehead atoms. The highest BCUT2D eigenvalue weighted by Crippen LogP contribution is 2.34. The van der Waals surface area contributed by atoms with E-state index in [4.69, 9.17) is 16.3 Å². The first-order chi connectivity index (χ1) is 8.74. The van der Waals surface area contributed by atoms with E-state index < -0.39 is 0 Å². The van der Waals surface area contributed by atoms with Crippen LogP contribution in [0, 0.1) is 0 Å². The quantitative estimate of drug-likeness (QED) is 0.732. The molecular formula is C15H11ClO2. The van der Waals surface area contributed by atoms with E-state index in [2.05, 4.69) is 0 Å². The summed E-state index contributed by atoms with van der Waals surface area (Å²) in [7, 11) is 0. The van der Waals surface area contributed by atoms with Crippen molar-refractivity contribution in [2.75, 3.05) is 0 Å². The Morgan fingerprint density at radius 1 is 1.11 bits per heavy atom. The number of rotatable bonds is 1. The molecule has 0 aromatic heterocycles. The molecule has 18 heavy (non-hydrogen) atoms. The zero-order valence-corrected chi connectivity index (χ0v) is 10.4. The van der Waals surface area contributed by atoms with Crippen molar-refractivity contribution < 1.29 is 9.53 Å². The predicted molar refractivity (Wildman–Crippen MR) is 69.5 cm³/mol. The molecule has 0 spiro atoms. The molecule has 1 aliphatic heterocycles. The molecule has 2 nitrogen and oxygen atoms in total. The Hall–Kier alpha value is -1.80. The van der Waals surface area contributed by atoms with Crippen LogP contribution in [0.15, 0.2) is 48.5 Å². The van der Waals surface area contributed by atoms with Gasteiger partial charge in [0.1, 0.15) is 0 Å². The van der Waals surface area contributed by atoms with Crippen LogP contribution in [0.4, 0.5) is 0 Å². The zero-order chi connectivity index (χ0) is 12.5. The second kappa shape index (κ2) is 4.46. The first-order valence-corrected chi connectivity index (χ1v) is 6.14. The van der Waals surface area contributed by atoms with Crippen LogP contribution in [-0.4, -0.2) is 5.97 Å². The number of carbonyl (C=O) groups excluding carboxylic acids is 1. The van der Waals surface area contributed by atoms with Gasteiger partial charge in [0.25, 0.3) is 0 Å². The van der Waals surface area contributed by atoms with Crippen LogP contribution >= 0.6 is 11.6 Å². The highest BCUT2D eigenvalue weighted by atomic mass is 35.5. The number of carbonyl (C=O) groups is 1. The van der Waals surface area contributed by atoms with Crippen molar-refractivity contribution in [3.63, 3.8) is 0 Å². The molecule has 3 heteroatoms. The van der Waals surface area contributed by atoms with Crippen LogP contribution in [0.25, 0.3) is 0 Å². The number of hydrogen-bond acceptors (Lipinski definition) is 2. The van der Waals surface area contributed by atoms with Gasteiger partial charge in [-0.2, -0.15) is 0 Å². The smallest absolute Gasteiger partial charge is 0.311 e. The van der Waals surface area contributed by atoms with Crippen molar-refractivity contribution in [2.45, 2.75) is 12.5 Å². The van der Waals surface area contributed by atoms with Gasteiger partial charge in [-0.25, -0.2) is 0 Å². The highest BCUT2D eigenvalue weighted by Gasteiger charge is 2.27. The average molecular weight is 259 g/mol. The zero-order valence-electron chi connectivity index (χ0n) is 9.60. The molecule has 1 unspecified atom stereocenters. The summed E-state index contributed by atoms with van der Waals surface area (Å²) in [5, 5.41) is 0.660. The van der Waals surface area contributed by atoms with Crippen LogP contribution in [0.2, 0.25) is 5.02 Å². The maximum absolute atomic E-state index is 11.6. The van der Waals surface area contributed by atoms with Crippen molar-refractivity contribution in [3.8, 4) is 0 Å². The number of halogens is 1. The van der Waals surface area contributed by atoms with Gasteiger partial charge in [0.15, 0.2) is 6.10 Å². The molecule has 1 aliphatic rings. The number of esters is 1. The van der Waals surface area contributed by atoms with E-state index in [9.17, 15) is 4.79 Å². The molecule has 3 rings (SSSR count). The van der Waals surface area contributed by atoms with E-state index in [-0.39, 0.29) is 12.1 Å². The summed E-state index contributed by atoms with van der Waals surface area (Å²) in [6.45, 7) is 0. The van der Waals surface area contributed by atoms with Crippen molar-refractivity contribution >= 4 is 17.6 Å². The Labute approximate surface area is 110 Å². The summed E-state index contributed by atoms with van der Waals surface area (Å²) in [6.07, 6.45) is -0.0308. The van der Waals surface area contributed by atoms with Gasteiger partial charge >= 0.3 is 5.97 Å². The summed E-state index contributed by atoms with van der Waals surface area (Å²) in [5.74, 6) is -0.196. The summed E-state index contributed by atoms with van der Waals surface area (Å²) < 4.78 is 5.46. The average Bonchev–Trinajstić information content (AvgIpc) is 2.39. The Morgan fingerprint density at radius 3 is 2.67 bits per heavy atom. The van der Waals surface area contributed by atoms with Crippen molar-refractivity contribution in [1.82, 2.24) is 0 Å². The molecule has 0 aliphatic carbocycles. The van der Waals surface area contributed by atoms with Crippen LogP contribution in [0.3, 0.4) is 0 Å². The molecule has 0 fully saturated rings. The topological polar surface area (TPSA) is 26.3 Å². The van der Waals surface area contributed by atoms with E-state index in [0.29, 0.717) is 11.4 Å². The highest BCUT2D eigenvalue weighted by molar-refractivity contribution is 6.30. The van der Waals surface area contributed by atoms with E-state index in [0.717, 1.165) is 16.7 Å². The molecule has 1 atom stereocenters. The van der Waals surface area contributed by atoms with Crippen molar-refractivity contribution in [2.24, 2.45) is 0 Å². The normalized spacial score (nSPS) is 18.1. The molecule has 0 saturated heterocycles. The monoisotopic (exact) mass is 258 g/mol. The fraction of sp³-hybridized carbons (Fsp3) is 0.133. The number of benzene rings is 2. The minimum atomic E-state index is -0.346. The van der Waals surface area contributed by atoms with Gasteiger partial charge in [0.05, 0.1) is 6.42 Å². The van der Waals surface area contributed by atoms with E-state index in [1.807, 2.05) is 42.5 Å². The summed E-state index contributed by atoms with van der Waals surface area (Å²) in [5.41, 5.74) is 2.94. The minimum absolute atomic E-state index is 0.196. The van der Waals surface area contributed by atoms with Gasteiger partial charge in [-0.05, 0) is 23.3 Å². The summed E-state index contributed by atoms with van der Waals surface area (Å²) >= 11 is 6.03. The third-order valence-corrected chi connectivity index (χ3v) is 3.31. The van der Waals surface area contributed by atoms with Crippen LogP contribution < -0.4 is 0 Å². The summed E-state index contributed by atoms with van der Waals surface area (Å²) in [4.78, 5) is 11.6. The fourth-order valence-electron chi connectivity index (χ4n) is 2.24. The van der Waals surface area contributed by atoms with E-state index >= 15 is 0 Å². The number of fused-ring (bicyclic) bond motifs is 1. The van der Waals surface area contributed by atoms with Crippen LogP contribution in [-0.2, 0) is 16.0 Å². The second-order valence-electron chi connectivity index (χ2n) is 4.30. The summed E-state index contributed by atoms with van der Waals surface area (Å²) in [6, 6.07) is 15.3. The first-order valence-electron chi connectivity index (χ1n) is 5.77. The standard InChI is InChI=1S/C15H11ClO2/c16-12-7-6-11-8-14(17)18-15(13(11)9-12)10-4-2-1-3-5-10/h1-7,9,15H,8H2. The molecule has 90 valence electrons. The van der Waals surface area contributed by atoms with Gasteiger partial charge in [-0.3, -0.25) is 4.79 Å². The molecule has 0 amide bonds. The molecule has 2 aromatic carbocycles. The predicted octanol–water partition coefficient (Wildman–Crippen LogP) is 3.53. The minimum Gasteiger partial charge on any atom is -0.452 e. The van der Waals surface area contributed by atoms with E-state index in [1.54, 1.807) is 6.07 Å². The number of cyclic esters (lactones) is 1. The van der Waals surface area contributed by atoms with Gasteiger partial charge in [-0.1, -0.05) is 48.0 Å². The first kappa shape index (κ1) is 11.3. The largest absolute Gasteiger partial charge is 0.452 e. The Kier molecular flexibility index (Phi) is 2.80. The van der Waals surface area contributed by atoms with E-state index in [1.165, 1.54) is 0 Å². The molecule has 0 radical (unpaired) electrons. The van der Waals surface area contributed by atoms with Gasteiger partial charge < -0.3 is 4.74 Å². The Bertz CT molecular complexity index is 593. The van der Waals surface area contributed by atoms with Gasteiger partial charge in [-0.15, -0.1) is 0 Å². The molecular weight excluding hydrogens is 248 g/mol. The second-order valence-corrected chi connectivity index (χ2v) is 4.74. The third-order valence-electron chi connectivity index (χ3n) is 3.08. The molecule has 0 saturated carbocycles. The lowest BCUT2D eigenvalue weighted by atomic mass is 9.93. The lowest BCUT2D eigenvalue weighted by Gasteiger charge is -2.26. The number of ether oxygens (including phenoxy) is 1. The Balaban J connectivity index is 2.12. The van der Waals surface area contributed by atoms with Crippen molar-refractivity contribution in [1.29, 1.82) is 0 Å². The maximum Gasteiger partial charge on any atom is 0.311 e. The Morgan fingerprint density at radius 2 is 1.89 bits per heavy atom. The van der Waals surface area contributed by atoms with Crippen LogP contribution in [0.1, 0.15) is 22.8 Å².